The minimum absolute atomic E-state index is 0.0505. The minimum Gasteiger partial charge on any atom is -0.461 e. The summed E-state index contributed by atoms with van der Waals surface area (Å²) in [6.45, 7) is 1.64. The number of esters is 1. The fourth-order valence-corrected chi connectivity index (χ4v) is 3.31. The molecule has 0 aliphatic heterocycles. The smallest absolute Gasteiger partial charge is 0.336 e. The summed E-state index contributed by atoms with van der Waals surface area (Å²) in [6, 6.07) is 7.66. The van der Waals surface area contributed by atoms with Crippen molar-refractivity contribution in [3.63, 3.8) is 0 Å². The Kier molecular flexibility index (Phi) is 6.05. The Morgan fingerprint density at radius 1 is 1.16 bits per heavy atom. The second kappa shape index (κ2) is 8.92. The largest absolute Gasteiger partial charge is 0.461 e. The van der Waals surface area contributed by atoms with Crippen LogP contribution in [0.15, 0.2) is 56.2 Å². The Labute approximate surface area is 185 Å². The van der Waals surface area contributed by atoms with Gasteiger partial charge in [-0.05, 0) is 36.8 Å². The summed E-state index contributed by atoms with van der Waals surface area (Å²) in [4.78, 5) is 28.0. The first-order valence-corrected chi connectivity index (χ1v) is 9.96. The maximum Gasteiger partial charge on any atom is 0.336 e. The summed E-state index contributed by atoms with van der Waals surface area (Å²) in [5.74, 6) is -1.69. The molecule has 2 aromatic heterocycles. The van der Waals surface area contributed by atoms with Gasteiger partial charge in [0.15, 0.2) is 11.7 Å². The van der Waals surface area contributed by atoms with Crippen molar-refractivity contribution < 1.29 is 27.1 Å². The van der Waals surface area contributed by atoms with Crippen LogP contribution in [0.3, 0.4) is 0 Å². The minimum atomic E-state index is -0.776. The molecule has 2 heterocycles. The van der Waals surface area contributed by atoms with E-state index in [0.29, 0.717) is 21.6 Å². The van der Waals surface area contributed by atoms with Crippen LogP contribution in [-0.2, 0) is 22.6 Å². The van der Waals surface area contributed by atoms with Crippen LogP contribution in [0, 0.1) is 18.6 Å². The lowest BCUT2D eigenvalue weighted by molar-refractivity contribution is -0.144. The number of halogens is 3. The number of hydrogen-bond acceptors (Lipinski definition) is 6. The fourth-order valence-electron chi connectivity index (χ4n) is 3.15. The zero-order valence-corrected chi connectivity index (χ0v) is 17.5. The Hall–Kier alpha value is -3.52. The highest BCUT2D eigenvalue weighted by Gasteiger charge is 2.15. The van der Waals surface area contributed by atoms with E-state index in [0.717, 1.165) is 17.7 Å². The van der Waals surface area contributed by atoms with E-state index >= 15 is 0 Å². The molecule has 0 N–H and O–H groups in total. The van der Waals surface area contributed by atoms with Gasteiger partial charge in [-0.2, -0.15) is 0 Å². The molecule has 0 aliphatic carbocycles. The lowest BCUT2D eigenvalue weighted by Gasteiger charge is -2.08. The Morgan fingerprint density at radius 2 is 1.97 bits per heavy atom. The zero-order valence-electron chi connectivity index (χ0n) is 16.8. The van der Waals surface area contributed by atoms with Crippen molar-refractivity contribution >= 4 is 28.5 Å². The first kappa shape index (κ1) is 21.7. The molecule has 0 aliphatic rings. The number of carbonyl (C=O) groups excluding carboxylic acids is 1. The summed E-state index contributed by atoms with van der Waals surface area (Å²) in [5.41, 5.74) is 1.08. The van der Waals surface area contributed by atoms with Crippen molar-refractivity contribution in [3.8, 4) is 11.3 Å². The summed E-state index contributed by atoms with van der Waals surface area (Å²) in [5, 5.41) is 1.07. The van der Waals surface area contributed by atoms with E-state index in [2.05, 4.69) is 4.98 Å². The van der Waals surface area contributed by atoms with E-state index in [1.54, 1.807) is 19.1 Å². The fraction of sp³-hybridized carbons (Fsp3) is 0.174. The van der Waals surface area contributed by atoms with Gasteiger partial charge in [-0.25, -0.2) is 18.6 Å². The number of carbonyl (C=O) groups is 1. The average molecular weight is 460 g/mol. The molecule has 32 heavy (non-hydrogen) atoms. The number of fused-ring (bicyclic) bond motifs is 1. The van der Waals surface area contributed by atoms with Crippen LogP contribution < -0.4 is 5.63 Å². The van der Waals surface area contributed by atoms with Gasteiger partial charge in [-0.15, -0.1) is 0 Å². The van der Waals surface area contributed by atoms with Crippen LogP contribution in [-0.4, -0.2) is 11.0 Å². The van der Waals surface area contributed by atoms with E-state index in [1.807, 2.05) is 0 Å². The summed E-state index contributed by atoms with van der Waals surface area (Å²) < 4.78 is 42.8. The molecule has 0 radical (unpaired) electrons. The van der Waals surface area contributed by atoms with Crippen LogP contribution in [0.1, 0.15) is 23.4 Å². The third-order valence-corrected chi connectivity index (χ3v) is 5.20. The van der Waals surface area contributed by atoms with Crippen LogP contribution in [0.25, 0.3) is 22.3 Å². The van der Waals surface area contributed by atoms with Crippen LogP contribution in [0.5, 0.6) is 0 Å². The Bertz CT molecular complexity index is 1380. The predicted molar refractivity (Wildman–Crippen MR) is 112 cm³/mol. The molecule has 0 saturated carbocycles. The number of benzene rings is 2. The Balaban J connectivity index is 1.40. The molecule has 0 bridgehead atoms. The van der Waals surface area contributed by atoms with Crippen molar-refractivity contribution in [2.45, 2.75) is 26.4 Å². The third-order valence-electron chi connectivity index (χ3n) is 4.79. The van der Waals surface area contributed by atoms with E-state index < -0.39 is 23.2 Å². The topological polar surface area (TPSA) is 82.5 Å². The Morgan fingerprint density at radius 3 is 2.75 bits per heavy atom. The summed E-state index contributed by atoms with van der Waals surface area (Å²) in [7, 11) is 0. The molecule has 4 aromatic rings. The van der Waals surface area contributed by atoms with Crippen molar-refractivity contribution in [2.75, 3.05) is 0 Å². The molecule has 4 rings (SSSR count). The van der Waals surface area contributed by atoms with Crippen molar-refractivity contribution in [3.05, 3.63) is 86.7 Å². The van der Waals surface area contributed by atoms with E-state index in [-0.39, 0.29) is 36.7 Å². The first-order valence-electron chi connectivity index (χ1n) is 9.59. The number of nitrogens with zero attached hydrogens (tertiary/aromatic N) is 1. The van der Waals surface area contributed by atoms with Gasteiger partial charge in [0, 0.05) is 34.5 Å². The second-order valence-corrected chi connectivity index (χ2v) is 7.50. The average Bonchev–Trinajstić information content (AvgIpc) is 3.20. The van der Waals surface area contributed by atoms with Crippen molar-refractivity contribution in [1.82, 2.24) is 4.98 Å². The highest BCUT2D eigenvalue weighted by molar-refractivity contribution is 6.32. The van der Waals surface area contributed by atoms with Gasteiger partial charge in [-0.1, -0.05) is 11.6 Å². The molecule has 6 nitrogen and oxygen atoms in total. The molecule has 0 atom stereocenters. The van der Waals surface area contributed by atoms with Gasteiger partial charge < -0.3 is 13.6 Å². The third kappa shape index (κ3) is 4.70. The van der Waals surface area contributed by atoms with Gasteiger partial charge in [0.2, 0.25) is 0 Å². The SMILES string of the molecule is Cc1cc2oc(=O)cc(COC(=O)CCc3ncc(-c4ccc(F)cc4F)o3)c2cc1Cl. The predicted octanol–water partition coefficient (Wildman–Crippen LogP) is 5.36. The standard InChI is InChI=1S/C23H16ClF2NO5/c1-12-6-19-16(9-17(12)24)13(7-23(29)32-19)11-30-22(28)5-4-21-27-10-20(31-21)15-3-2-14(25)8-18(15)26/h2-3,6-10H,4-5,11H2,1H3. The molecule has 0 saturated heterocycles. The second-order valence-electron chi connectivity index (χ2n) is 7.09. The van der Waals surface area contributed by atoms with E-state index in [9.17, 15) is 18.4 Å². The van der Waals surface area contributed by atoms with Crippen molar-refractivity contribution in [2.24, 2.45) is 0 Å². The van der Waals surface area contributed by atoms with Gasteiger partial charge >= 0.3 is 11.6 Å². The molecule has 2 aromatic carbocycles. The molecule has 164 valence electrons. The maximum atomic E-state index is 13.9. The number of aromatic nitrogens is 1. The lowest BCUT2D eigenvalue weighted by Crippen LogP contribution is -2.08. The lowest BCUT2D eigenvalue weighted by atomic mass is 10.1. The van der Waals surface area contributed by atoms with Gasteiger partial charge in [0.1, 0.15) is 23.8 Å². The maximum absolute atomic E-state index is 13.9. The molecular weight excluding hydrogens is 444 g/mol. The molecule has 0 amide bonds. The number of hydrogen-bond donors (Lipinski definition) is 0. The normalized spacial score (nSPS) is 11.1. The van der Waals surface area contributed by atoms with Crippen LogP contribution in [0.2, 0.25) is 5.02 Å². The molecule has 0 fully saturated rings. The number of ether oxygens (including phenoxy) is 1. The van der Waals surface area contributed by atoms with Crippen LogP contribution in [0.4, 0.5) is 8.78 Å². The zero-order chi connectivity index (χ0) is 22.8. The van der Waals surface area contributed by atoms with Crippen LogP contribution >= 0.6 is 11.6 Å². The van der Waals surface area contributed by atoms with Gasteiger partial charge in [-0.3, -0.25) is 4.79 Å². The summed E-state index contributed by atoms with van der Waals surface area (Å²) in [6.07, 6.45) is 1.37. The molecule has 9 heteroatoms. The molecular formula is C23H16ClF2NO5. The van der Waals surface area contributed by atoms with E-state index in [1.165, 1.54) is 18.3 Å². The number of aryl methyl sites for hydroxylation is 2. The quantitative estimate of drug-likeness (QED) is 0.285. The molecule has 0 spiro atoms. The monoisotopic (exact) mass is 459 g/mol. The highest BCUT2D eigenvalue weighted by atomic mass is 35.5. The van der Waals surface area contributed by atoms with Gasteiger partial charge in [0.05, 0.1) is 18.2 Å². The number of oxazole rings is 1. The van der Waals surface area contributed by atoms with Crippen molar-refractivity contribution in [1.29, 1.82) is 0 Å². The summed E-state index contributed by atoms with van der Waals surface area (Å²) >= 11 is 6.16. The molecule has 0 unspecified atom stereocenters. The first-order chi connectivity index (χ1) is 15.3. The van der Waals surface area contributed by atoms with E-state index in [4.69, 9.17) is 25.2 Å². The van der Waals surface area contributed by atoms with Gasteiger partial charge in [0.25, 0.3) is 0 Å². The highest BCUT2D eigenvalue weighted by Crippen LogP contribution is 2.26. The number of rotatable bonds is 6.